The van der Waals surface area contributed by atoms with Gasteiger partial charge in [0.25, 0.3) is 5.56 Å². The highest BCUT2D eigenvalue weighted by atomic mass is 32.2. The number of thioether (sulfide) groups is 1. The van der Waals surface area contributed by atoms with Crippen LogP contribution >= 0.6 is 11.8 Å². The van der Waals surface area contributed by atoms with Gasteiger partial charge in [0.05, 0.1) is 35.8 Å². The molecular formula is C38H35N3O3S. The number of benzene rings is 4. The van der Waals surface area contributed by atoms with Crippen LogP contribution in [-0.4, -0.2) is 28.3 Å². The molecule has 5 aromatic rings. The van der Waals surface area contributed by atoms with Gasteiger partial charge in [0, 0.05) is 11.0 Å². The molecule has 7 rings (SSSR count). The van der Waals surface area contributed by atoms with Gasteiger partial charge in [-0.05, 0) is 60.2 Å². The lowest BCUT2D eigenvalue weighted by Gasteiger charge is -2.36. The van der Waals surface area contributed by atoms with E-state index in [0.29, 0.717) is 16.6 Å². The van der Waals surface area contributed by atoms with Crippen molar-refractivity contribution >= 4 is 17.7 Å². The lowest BCUT2D eigenvalue weighted by Crippen LogP contribution is -2.40. The van der Waals surface area contributed by atoms with Crippen molar-refractivity contribution in [1.82, 2.24) is 14.9 Å². The van der Waals surface area contributed by atoms with Crippen molar-refractivity contribution in [2.24, 2.45) is 0 Å². The van der Waals surface area contributed by atoms with Gasteiger partial charge in [-0.15, -0.1) is 0 Å². The second-order valence-electron chi connectivity index (χ2n) is 11.9. The monoisotopic (exact) mass is 613 g/mol. The van der Waals surface area contributed by atoms with Crippen molar-refractivity contribution < 1.29 is 9.53 Å². The molecule has 2 aliphatic rings. The molecule has 1 heterocycles. The zero-order valence-electron chi connectivity index (χ0n) is 25.2. The summed E-state index contributed by atoms with van der Waals surface area (Å²) in [5.74, 6) is 0.670. The van der Waals surface area contributed by atoms with E-state index >= 15 is 0 Å². The van der Waals surface area contributed by atoms with Gasteiger partial charge >= 0.3 is 0 Å². The summed E-state index contributed by atoms with van der Waals surface area (Å²) >= 11 is 1.29. The first kappa shape index (κ1) is 29.1. The lowest BCUT2D eigenvalue weighted by atomic mass is 9.68. The Labute approximate surface area is 267 Å². The first-order valence-electron chi connectivity index (χ1n) is 15.5. The number of ether oxygens (including phenoxy) is 1. The van der Waals surface area contributed by atoms with E-state index in [2.05, 4.69) is 23.5 Å². The Kier molecular flexibility index (Phi) is 8.03. The molecule has 0 radical (unpaired) electrons. The predicted octanol–water partition coefficient (Wildman–Crippen LogP) is 7.27. The third-order valence-corrected chi connectivity index (χ3v) is 10.1. The Morgan fingerprint density at radius 1 is 0.889 bits per heavy atom. The number of carbonyl (C=O) groups excluding carboxylic acids is 1. The number of fused-ring (bicyclic) bond motifs is 4. The van der Waals surface area contributed by atoms with Crippen molar-refractivity contribution in [2.45, 2.75) is 48.7 Å². The van der Waals surface area contributed by atoms with E-state index in [1.54, 1.807) is 11.7 Å². The number of nitrogens with one attached hydrogen (secondary N) is 1. The zero-order valence-corrected chi connectivity index (χ0v) is 26.1. The van der Waals surface area contributed by atoms with Crippen LogP contribution < -0.4 is 15.6 Å². The summed E-state index contributed by atoms with van der Waals surface area (Å²) in [7, 11) is 1.63. The molecule has 1 fully saturated rings. The summed E-state index contributed by atoms with van der Waals surface area (Å²) in [6.07, 6.45) is 5.01. The average Bonchev–Trinajstić information content (AvgIpc) is 3.55. The van der Waals surface area contributed by atoms with Gasteiger partial charge < -0.3 is 10.1 Å². The van der Waals surface area contributed by atoms with Crippen molar-refractivity contribution in [3.05, 3.63) is 142 Å². The van der Waals surface area contributed by atoms with E-state index < -0.39 is 0 Å². The number of methoxy groups -OCH3 is 1. The molecule has 7 heteroatoms. The fourth-order valence-corrected chi connectivity index (χ4v) is 7.87. The second-order valence-corrected chi connectivity index (χ2v) is 12.8. The van der Waals surface area contributed by atoms with Gasteiger partial charge in [0.1, 0.15) is 5.75 Å². The van der Waals surface area contributed by atoms with Gasteiger partial charge in [0.2, 0.25) is 5.91 Å². The smallest absolute Gasteiger partial charge is 0.263 e. The predicted molar refractivity (Wildman–Crippen MR) is 179 cm³/mol. The van der Waals surface area contributed by atoms with Gasteiger partial charge in [-0.2, -0.15) is 0 Å². The molecule has 4 aromatic carbocycles. The van der Waals surface area contributed by atoms with Crippen LogP contribution in [0.4, 0.5) is 0 Å². The highest BCUT2D eigenvalue weighted by Crippen LogP contribution is 2.50. The molecule has 1 amide bonds. The fourth-order valence-electron chi connectivity index (χ4n) is 7.05. The van der Waals surface area contributed by atoms with Crippen LogP contribution in [0.2, 0.25) is 0 Å². The normalized spacial score (nSPS) is 14.6. The summed E-state index contributed by atoms with van der Waals surface area (Å²) in [6.45, 7) is 0. The molecule has 45 heavy (non-hydrogen) atoms. The fraction of sp³-hybridized carbons (Fsp3) is 0.237. The topological polar surface area (TPSA) is 73.2 Å². The van der Waals surface area contributed by atoms with Gasteiger partial charge in [0.15, 0.2) is 5.16 Å². The van der Waals surface area contributed by atoms with E-state index in [0.717, 1.165) is 60.1 Å². The Bertz CT molecular complexity index is 1840. The highest BCUT2D eigenvalue weighted by molar-refractivity contribution is 7.99. The Balaban J connectivity index is 1.29. The van der Waals surface area contributed by atoms with Crippen LogP contribution in [0.5, 0.6) is 5.75 Å². The first-order chi connectivity index (χ1) is 22.1. The molecule has 0 bridgehead atoms. The Hall–Kier alpha value is -4.62. The molecule has 0 atom stereocenters. The average molecular weight is 614 g/mol. The molecule has 1 saturated carbocycles. The standard InChI is InChI=1S/C38H35N3O3S/c1-44-30-20-18-29(19-21-30)41-36(43)33-35(31-17-9-8-16-28(31)24-38(33)22-10-11-23-38)40-37(41)45-25-32(42)39-34(26-12-4-2-5-13-26)27-14-6-3-7-15-27/h2-9,12-21,34H,10-11,22-25H2,1H3,(H,39,42). The third kappa shape index (κ3) is 5.57. The molecule has 0 saturated heterocycles. The molecule has 226 valence electrons. The van der Waals surface area contributed by atoms with Crippen LogP contribution in [0.25, 0.3) is 16.9 Å². The number of amides is 1. The van der Waals surface area contributed by atoms with Crippen LogP contribution in [-0.2, 0) is 16.6 Å². The summed E-state index contributed by atoms with van der Waals surface area (Å²) < 4.78 is 7.10. The molecular weight excluding hydrogens is 579 g/mol. The molecule has 2 aliphatic carbocycles. The van der Waals surface area contributed by atoms with E-state index in [9.17, 15) is 9.59 Å². The first-order valence-corrected chi connectivity index (χ1v) is 16.5. The molecule has 1 aromatic heterocycles. The van der Waals surface area contributed by atoms with Crippen LogP contribution in [0.3, 0.4) is 0 Å². The maximum atomic E-state index is 14.7. The quantitative estimate of drug-likeness (QED) is 0.147. The van der Waals surface area contributed by atoms with Gasteiger partial charge in [-0.1, -0.05) is 110 Å². The lowest BCUT2D eigenvalue weighted by molar-refractivity contribution is -0.119. The number of carbonyl (C=O) groups is 1. The maximum Gasteiger partial charge on any atom is 0.263 e. The summed E-state index contributed by atoms with van der Waals surface area (Å²) in [6, 6.07) is 35.5. The molecule has 0 aliphatic heterocycles. The van der Waals surface area contributed by atoms with E-state index in [-0.39, 0.29) is 28.7 Å². The van der Waals surface area contributed by atoms with E-state index in [4.69, 9.17) is 9.72 Å². The number of hydrogen-bond donors (Lipinski definition) is 1. The molecule has 0 unspecified atom stereocenters. The van der Waals surface area contributed by atoms with Crippen molar-refractivity contribution in [3.8, 4) is 22.7 Å². The Morgan fingerprint density at radius 3 is 2.16 bits per heavy atom. The Morgan fingerprint density at radius 2 is 1.51 bits per heavy atom. The van der Waals surface area contributed by atoms with Crippen molar-refractivity contribution in [3.63, 3.8) is 0 Å². The molecule has 1 N–H and O–H groups in total. The third-order valence-electron chi connectivity index (χ3n) is 9.18. The minimum absolute atomic E-state index is 0.0454. The largest absolute Gasteiger partial charge is 0.497 e. The second kappa shape index (κ2) is 12.4. The van der Waals surface area contributed by atoms with E-state index in [1.807, 2.05) is 91.0 Å². The minimum atomic E-state index is -0.296. The van der Waals surface area contributed by atoms with Crippen LogP contribution in [0.15, 0.2) is 119 Å². The summed E-state index contributed by atoms with van der Waals surface area (Å²) in [5.41, 5.74) is 6.28. The zero-order chi connectivity index (χ0) is 30.8. The van der Waals surface area contributed by atoms with Gasteiger partial charge in [-0.25, -0.2) is 4.98 Å². The number of hydrogen-bond acceptors (Lipinski definition) is 5. The number of nitrogens with zero attached hydrogens (tertiary/aromatic N) is 2. The van der Waals surface area contributed by atoms with Crippen LogP contribution in [0.1, 0.15) is 54.0 Å². The van der Waals surface area contributed by atoms with Crippen LogP contribution in [0, 0.1) is 0 Å². The SMILES string of the molecule is COc1ccc(-n2c(SCC(=O)NC(c3ccccc3)c3ccccc3)nc3c(c2=O)C2(CCCC2)Cc2ccccc2-3)cc1. The van der Waals surface area contributed by atoms with Gasteiger partial charge in [-0.3, -0.25) is 14.2 Å². The number of rotatable bonds is 8. The summed E-state index contributed by atoms with van der Waals surface area (Å²) in [4.78, 5) is 33.6. The highest BCUT2D eigenvalue weighted by Gasteiger charge is 2.44. The molecule has 6 nitrogen and oxygen atoms in total. The van der Waals surface area contributed by atoms with E-state index in [1.165, 1.54) is 17.3 Å². The minimum Gasteiger partial charge on any atom is -0.497 e. The summed E-state index contributed by atoms with van der Waals surface area (Å²) in [5, 5.41) is 3.73. The number of aromatic nitrogens is 2. The van der Waals surface area contributed by atoms with Crippen molar-refractivity contribution in [2.75, 3.05) is 12.9 Å². The maximum absolute atomic E-state index is 14.7. The molecule has 1 spiro atoms. The van der Waals surface area contributed by atoms with Crippen molar-refractivity contribution in [1.29, 1.82) is 0 Å².